The molecule has 2 N–H and O–H groups in total. The lowest BCUT2D eigenvalue weighted by Crippen LogP contribution is -2.12. The molecule has 0 saturated carbocycles. The van der Waals surface area contributed by atoms with Crippen molar-refractivity contribution in [2.45, 2.75) is 0 Å². The number of azo groups is 1. The number of hydrogen-bond acceptors (Lipinski definition) is 8. The van der Waals surface area contributed by atoms with Gasteiger partial charge < -0.3 is 15.2 Å². The molecule has 0 aliphatic heterocycles. The maximum Gasteiger partial charge on any atom is 0.259 e. The van der Waals surface area contributed by atoms with Crippen LogP contribution in [0.1, 0.15) is 15.9 Å². The lowest BCUT2D eigenvalue weighted by Gasteiger charge is -2.11. The number of aromatic hydroxyl groups is 1. The minimum atomic E-state index is -0.527. The third-order valence-electron chi connectivity index (χ3n) is 5.56. The van der Waals surface area contributed by atoms with Crippen molar-refractivity contribution in [1.82, 2.24) is 14.8 Å². The Kier molecular flexibility index (Phi) is 6.25. The molecule has 1 amide bonds. The first-order chi connectivity index (χ1) is 18.1. The summed E-state index contributed by atoms with van der Waals surface area (Å²) in [4.78, 5) is 17.4. The number of pyridine rings is 1. The highest BCUT2D eigenvalue weighted by atomic mass is 16.5. The molecule has 0 aliphatic carbocycles. The molecule has 0 atom stereocenters. The Hall–Kier alpha value is -5.56. The van der Waals surface area contributed by atoms with Gasteiger partial charge in [-0.25, -0.2) is 4.98 Å². The van der Waals surface area contributed by atoms with Gasteiger partial charge in [-0.3, -0.25) is 4.79 Å². The summed E-state index contributed by atoms with van der Waals surface area (Å²) < 4.78 is 6.52. The van der Waals surface area contributed by atoms with Crippen LogP contribution in [0.3, 0.4) is 0 Å². The van der Waals surface area contributed by atoms with Gasteiger partial charge in [0.25, 0.3) is 5.91 Å². The highest BCUT2D eigenvalue weighted by Crippen LogP contribution is 2.40. The van der Waals surface area contributed by atoms with Crippen molar-refractivity contribution in [3.8, 4) is 23.4 Å². The van der Waals surface area contributed by atoms with Crippen molar-refractivity contribution in [2.75, 3.05) is 12.4 Å². The Balaban J connectivity index is 1.58. The number of benzene rings is 3. The summed E-state index contributed by atoms with van der Waals surface area (Å²) in [5.74, 6) is 0.352. The third kappa shape index (κ3) is 4.56. The standard InChI is InChI=1S/C27H19N7O3/c1-37-20-11-9-19(10-12-20)31-27(36)22-14-17-6-2-3-7-21(17)24(25(22)35)32-33-26-18(15-28)16-30-34(26)23-8-4-5-13-29-23/h2-14,16,35H,1H3,(H,31,36)/b33-32+. The molecule has 180 valence electrons. The smallest absolute Gasteiger partial charge is 0.259 e. The third-order valence-corrected chi connectivity index (χ3v) is 5.56. The molecule has 2 heterocycles. The number of nitriles is 1. The van der Waals surface area contributed by atoms with E-state index in [1.54, 1.807) is 80.0 Å². The number of fused-ring (bicyclic) bond motifs is 1. The highest BCUT2D eigenvalue weighted by Gasteiger charge is 2.20. The van der Waals surface area contributed by atoms with Crippen LogP contribution in [0.15, 0.2) is 95.4 Å². The van der Waals surface area contributed by atoms with Crippen LogP contribution < -0.4 is 10.1 Å². The number of nitrogens with zero attached hydrogens (tertiary/aromatic N) is 6. The van der Waals surface area contributed by atoms with E-state index in [9.17, 15) is 15.2 Å². The molecule has 5 rings (SSSR count). The van der Waals surface area contributed by atoms with Gasteiger partial charge >= 0.3 is 0 Å². The molecule has 2 aromatic heterocycles. The van der Waals surface area contributed by atoms with Gasteiger partial charge in [0.1, 0.15) is 23.1 Å². The molecule has 10 heteroatoms. The summed E-state index contributed by atoms with van der Waals surface area (Å²) >= 11 is 0. The highest BCUT2D eigenvalue weighted by molar-refractivity contribution is 6.11. The topological polar surface area (TPSA) is 138 Å². The number of amides is 1. The van der Waals surface area contributed by atoms with E-state index in [1.807, 2.05) is 12.1 Å². The number of methoxy groups -OCH3 is 1. The second-order valence-electron chi connectivity index (χ2n) is 7.82. The number of anilines is 1. The zero-order valence-corrected chi connectivity index (χ0v) is 19.5. The minimum Gasteiger partial charge on any atom is -0.505 e. The average molecular weight is 489 g/mol. The van der Waals surface area contributed by atoms with Crippen LogP contribution in [0.2, 0.25) is 0 Å². The predicted molar refractivity (Wildman–Crippen MR) is 137 cm³/mol. The van der Waals surface area contributed by atoms with Crippen molar-refractivity contribution in [2.24, 2.45) is 10.2 Å². The van der Waals surface area contributed by atoms with Gasteiger partial charge in [0, 0.05) is 17.3 Å². The average Bonchev–Trinajstić information content (AvgIpc) is 3.36. The zero-order valence-electron chi connectivity index (χ0n) is 19.5. The summed E-state index contributed by atoms with van der Waals surface area (Å²) in [5.41, 5.74) is 0.795. The fraction of sp³-hybridized carbons (Fsp3) is 0.0370. The number of rotatable bonds is 6. The van der Waals surface area contributed by atoms with E-state index >= 15 is 0 Å². The van der Waals surface area contributed by atoms with Gasteiger partial charge in [-0.2, -0.15) is 15.0 Å². The molecule has 3 aromatic carbocycles. The quantitative estimate of drug-likeness (QED) is 0.295. The van der Waals surface area contributed by atoms with Crippen LogP contribution in [-0.4, -0.2) is 32.9 Å². The number of ether oxygens (including phenoxy) is 1. The van der Waals surface area contributed by atoms with Crippen LogP contribution in [0.4, 0.5) is 17.2 Å². The van der Waals surface area contributed by atoms with Crippen molar-refractivity contribution < 1.29 is 14.6 Å². The fourth-order valence-electron chi connectivity index (χ4n) is 3.73. The number of carbonyl (C=O) groups excluding carboxylic acids is 1. The van der Waals surface area contributed by atoms with E-state index in [0.717, 1.165) is 0 Å². The van der Waals surface area contributed by atoms with E-state index in [2.05, 4.69) is 25.6 Å². The summed E-state index contributed by atoms with van der Waals surface area (Å²) in [7, 11) is 1.56. The minimum absolute atomic E-state index is 0.0159. The predicted octanol–water partition coefficient (Wildman–Crippen LogP) is 5.67. The first kappa shape index (κ1) is 23.2. The van der Waals surface area contributed by atoms with Crippen molar-refractivity contribution >= 4 is 33.9 Å². The van der Waals surface area contributed by atoms with Crippen LogP contribution in [0.5, 0.6) is 11.5 Å². The van der Waals surface area contributed by atoms with Gasteiger partial charge in [-0.05, 0) is 47.9 Å². The van der Waals surface area contributed by atoms with Gasteiger partial charge in [0.15, 0.2) is 17.4 Å². The molecular formula is C27H19N7O3. The SMILES string of the molecule is COc1ccc(NC(=O)c2cc3ccccc3c(/N=N/c3c(C#N)cnn3-c3ccccn3)c2O)cc1. The number of phenolic OH excluding ortho intramolecular Hbond substituents is 1. The second kappa shape index (κ2) is 9.97. The Labute approximate surface area is 211 Å². The van der Waals surface area contributed by atoms with E-state index in [-0.39, 0.29) is 28.4 Å². The number of hydrogen-bond donors (Lipinski definition) is 2. The molecule has 0 spiro atoms. The Bertz CT molecular complexity index is 1670. The van der Waals surface area contributed by atoms with Gasteiger partial charge in [0.2, 0.25) is 0 Å². The molecule has 10 nitrogen and oxygen atoms in total. The van der Waals surface area contributed by atoms with Crippen LogP contribution in [0, 0.1) is 11.3 Å². The molecule has 0 unspecified atom stereocenters. The largest absolute Gasteiger partial charge is 0.505 e. The maximum absolute atomic E-state index is 13.1. The first-order valence-electron chi connectivity index (χ1n) is 11.1. The van der Waals surface area contributed by atoms with Crippen LogP contribution >= 0.6 is 0 Å². The van der Waals surface area contributed by atoms with E-state index in [0.29, 0.717) is 28.0 Å². The molecule has 0 radical (unpaired) electrons. The van der Waals surface area contributed by atoms with Gasteiger partial charge in [-0.1, -0.05) is 30.3 Å². The van der Waals surface area contributed by atoms with Crippen LogP contribution in [0.25, 0.3) is 16.6 Å². The summed E-state index contributed by atoms with van der Waals surface area (Å²) in [6.45, 7) is 0. The van der Waals surface area contributed by atoms with E-state index in [4.69, 9.17) is 4.74 Å². The van der Waals surface area contributed by atoms with Crippen molar-refractivity contribution in [1.29, 1.82) is 5.26 Å². The van der Waals surface area contributed by atoms with Crippen molar-refractivity contribution in [3.05, 3.63) is 96.3 Å². The molecular weight excluding hydrogens is 470 g/mol. The van der Waals surface area contributed by atoms with Crippen LogP contribution in [-0.2, 0) is 0 Å². The number of nitrogens with one attached hydrogen (secondary N) is 1. The Morgan fingerprint density at radius 1 is 1.08 bits per heavy atom. The normalized spacial score (nSPS) is 10.9. The lowest BCUT2D eigenvalue weighted by molar-refractivity contribution is 0.102. The second-order valence-corrected chi connectivity index (χ2v) is 7.82. The maximum atomic E-state index is 13.1. The zero-order chi connectivity index (χ0) is 25.8. The van der Waals surface area contributed by atoms with Gasteiger partial charge in [-0.15, -0.1) is 10.2 Å². The Morgan fingerprint density at radius 2 is 1.86 bits per heavy atom. The molecule has 0 saturated heterocycles. The van der Waals surface area contributed by atoms with Crippen molar-refractivity contribution in [3.63, 3.8) is 0 Å². The lowest BCUT2D eigenvalue weighted by atomic mass is 10.0. The molecule has 5 aromatic rings. The molecule has 0 fully saturated rings. The number of phenols is 1. The summed E-state index contributed by atoms with van der Waals surface area (Å²) in [6.07, 6.45) is 2.95. The summed E-state index contributed by atoms with van der Waals surface area (Å²) in [6, 6.07) is 22.9. The monoisotopic (exact) mass is 489 g/mol. The molecule has 0 aliphatic rings. The first-order valence-corrected chi connectivity index (χ1v) is 11.1. The Morgan fingerprint density at radius 3 is 2.59 bits per heavy atom. The van der Waals surface area contributed by atoms with E-state index in [1.165, 1.54) is 10.9 Å². The number of carbonyl (C=O) groups is 1. The molecule has 0 bridgehead atoms. The number of aromatic nitrogens is 3. The molecule has 37 heavy (non-hydrogen) atoms. The fourth-order valence-corrected chi connectivity index (χ4v) is 3.73. The van der Waals surface area contributed by atoms with E-state index < -0.39 is 5.91 Å². The summed E-state index contributed by atoms with van der Waals surface area (Å²) in [5, 5.41) is 37.4. The van der Waals surface area contributed by atoms with Gasteiger partial charge in [0.05, 0.1) is 18.9 Å².